The van der Waals surface area contributed by atoms with Crippen LogP contribution in [0.4, 0.5) is 4.39 Å². The van der Waals surface area contributed by atoms with Crippen molar-refractivity contribution in [1.29, 1.82) is 0 Å². The third-order valence-electron chi connectivity index (χ3n) is 8.36. The highest BCUT2D eigenvalue weighted by Crippen LogP contribution is 2.30. The van der Waals surface area contributed by atoms with Crippen molar-refractivity contribution in [2.45, 2.75) is 57.0 Å². The molecule has 0 saturated carbocycles. The van der Waals surface area contributed by atoms with E-state index in [4.69, 9.17) is 15.2 Å². The van der Waals surface area contributed by atoms with Crippen LogP contribution in [-0.4, -0.2) is 71.5 Å². The number of fused-ring (bicyclic) bond motifs is 5. The molecule has 0 unspecified atom stereocenters. The van der Waals surface area contributed by atoms with Gasteiger partial charge in [-0.1, -0.05) is 30.3 Å². The van der Waals surface area contributed by atoms with Gasteiger partial charge < -0.3 is 30.0 Å². The fraction of sp³-hybridized carbons (Fsp3) is 0.394. The molecule has 2 amide bonds. The molecule has 1 fully saturated rings. The number of nitrogens with zero attached hydrogens (tertiary/aromatic N) is 2. The number of ketones is 1. The van der Waals surface area contributed by atoms with E-state index in [2.05, 4.69) is 11.9 Å². The summed E-state index contributed by atoms with van der Waals surface area (Å²) in [6.45, 7) is 4.38. The lowest BCUT2D eigenvalue weighted by molar-refractivity contribution is -0.157. The number of allylic oxidation sites excluding steroid dienone is 1. The van der Waals surface area contributed by atoms with Gasteiger partial charge in [-0.2, -0.15) is 0 Å². The van der Waals surface area contributed by atoms with Gasteiger partial charge in [0.25, 0.3) is 0 Å². The van der Waals surface area contributed by atoms with E-state index in [1.54, 1.807) is 12.1 Å². The highest BCUT2D eigenvalue weighted by Gasteiger charge is 2.45. The topological polar surface area (TPSA) is 133 Å². The number of Topliss-reactive ketones (excluding diaryl/α,β-unsaturated/α-hetero) is 1. The van der Waals surface area contributed by atoms with E-state index in [1.807, 2.05) is 35.0 Å². The lowest BCUT2D eigenvalue weighted by atomic mass is 9.89. The normalized spacial score (nSPS) is 23.3. The molecule has 1 aromatic heterocycles. The Balaban J connectivity index is 1.53. The van der Waals surface area contributed by atoms with Gasteiger partial charge in [0, 0.05) is 49.1 Å². The largest absolute Gasteiger partial charge is 0.467 e. The fourth-order valence-electron chi connectivity index (χ4n) is 6.19. The van der Waals surface area contributed by atoms with E-state index < -0.39 is 41.8 Å². The summed E-state index contributed by atoms with van der Waals surface area (Å²) in [6, 6.07) is 9.87. The van der Waals surface area contributed by atoms with Crippen LogP contribution in [-0.2, 0) is 54.6 Å². The van der Waals surface area contributed by atoms with Crippen LogP contribution in [0.25, 0.3) is 10.9 Å². The molecular weight excluding hydrogens is 567 g/mol. The maximum absolute atomic E-state index is 14.4. The fourth-order valence-corrected chi connectivity index (χ4v) is 6.19. The number of ether oxygens (including phenoxy) is 2. The number of hydrogen-bond donors (Lipinski definition) is 2. The zero-order valence-electron chi connectivity index (χ0n) is 24.7. The second-order valence-corrected chi connectivity index (χ2v) is 11.4. The average molecular weight is 605 g/mol. The van der Waals surface area contributed by atoms with Crippen molar-refractivity contribution in [2.24, 2.45) is 11.7 Å². The molecule has 0 aliphatic carbocycles. The number of methoxy groups -OCH3 is 1. The van der Waals surface area contributed by atoms with Crippen molar-refractivity contribution in [3.05, 3.63) is 83.8 Å². The molecule has 3 aromatic rings. The van der Waals surface area contributed by atoms with Crippen LogP contribution >= 0.6 is 0 Å². The minimum Gasteiger partial charge on any atom is -0.467 e. The van der Waals surface area contributed by atoms with E-state index >= 15 is 0 Å². The van der Waals surface area contributed by atoms with Crippen molar-refractivity contribution < 1.29 is 33.0 Å². The molecule has 2 aliphatic heterocycles. The number of halogens is 1. The zero-order chi connectivity index (χ0) is 31.4. The molecule has 2 aromatic carbocycles. The Hall–Kier alpha value is -4.35. The molecule has 0 spiro atoms. The number of nitrogens with one attached hydrogen (secondary N) is 1. The van der Waals surface area contributed by atoms with E-state index in [9.17, 15) is 23.6 Å². The quantitative estimate of drug-likeness (QED) is 0.338. The second-order valence-electron chi connectivity index (χ2n) is 11.4. The van der Waals surface area contributed by atoms with Gasteiger partial charge in [-0.25, -0.2) is 9.18 Å². The molecule has 4 bridgehead atoms. The molecule has 4 atom stereocenters. The summed E-state index contributed by atoms with van der Waals surface area (Å²) < 4.78 is 27.2. The summed E-state index contributed by atoms with van der Waals surface area (Å²) in [5.74, 6) is -3.14. The van der Waals surface area contributed by atoms with Crippen LogP contribution in [0, 0.1) is 11.7 Å². The number of carbonyl (C=O) groups excluding carboxylic acids is 4. The van der Waals surface area contributed by atoms with E-state index in [1.165, 1.54) is 24.1 Å². The number of carbonyl (C=O) groups is 4. The second kappa shape index (κ2) is 13.5. The Morgan fingerprint density at radius 3 is 2.75 bits per heavy atom. The molecule has 1 saturated heterocycles. The van der Waals surface area contributed by atoms with Crippen LogP contribution in [0.2, 0.25) is 0 Å². The lowest BCUT2D eigenvalue weighted by Crippen LogP contribution is -2.49. The minimum absolute atomic E-state index is 0.106. The third kappa shape index (κ3) is 6.74. The highest BCUT2D eigenvalue weighted by atomic mass is 19.1. The first-order chi connectivity index (χ1) is 21.2. The minimum atomic E-state index is -1.10. The van der Waals surface area contributed by atoms with Crippen LogP contribution in [0.1, 0.15) is 29.5 Å². The number of nitrogens with two attached hydrogens (primary N) is 1. The number of hydrogen-bond acceptors (Lipinski definition) is 7. The number of benzene rings is 2. The average Bonchev–Trinajstić information content (AvgIpc) is 3.58. The number of esters is 1. The van der Waals surface area contributed by atoms with E-state index in [-0.39, 0.29) is 50.6 Å². The zero-order valence-corrected chi connectivity index (χ0v) is 24.7. The van der Waals surface area contributed by atoms with Crippen molar-refractivity contribution in [2.75, 3.05) is 20.3 Å². The first-order valence-electron chi connectivity index (χ1n) is 14.7. The summed E-state index contributed by atoms with van der Waals surface area (Å²) >= 11 is 0. The number of aromatic nitrogens is 1. The Morgan fingerprint density at radius 2 is 1.98 bits per heavy atom. The first kappa shape index (κ1) is 31.1. The van der Waals surface area contributed by atoms with E-state index in [0.29, 0.717) is 23.9 Å². The molecule has 10 nitrogen and oxygen atoms in total. The van der Waals surface area contributed by atoms with Gasteiger partial charge in [0.05, 0.1) is 19.3 Å². The molecule has 232 valence electrons. The molecule has 5 rings (SSSR count). The van der Waals surface area contributed by atoms with Gasteiger partial charge in [0.15, 0.2) is 11.8 Å². The Morgan fingerprint density at radius 1 is 1.18 bits per heavy atom. The maximum Gasteiger partial charge on any atom is 0.331 e. The van der Waals surface area contributed by atoms with Gasteiger partial charge >= 0.3 is 5.97 Å². The number of amides is 2. The SMILES string of the molecule is C=CCn1cc(C[C@@H]2CC(=O)[C@@H](N)Cc3cccc(c3)CNC(=O)CO[C@H]3CCN(C2=O)[C@@H]3C(=O)OC)c2cc(F)ccc21. The monoisotopic (exact) mass is 604 g/mol. The predicted octanol–water partition coefficient (Wildman–Crippen LogP) is 2.44. The smallest absolute Gasteiger partial charge is 0.331 e. The van der Waals surface area contributed by atoms with Crippen LogP contribution in [0.5, 0.6) is 0 Å². The predicted molar refractivity (Wildman–Crippen MR) is 161 cm³/mol. The van der Waals surface area contributed by atoms with Gasteiger partial charge in [0.2, 0.25) is 11.8 Å². The summed E-state index contributed by atoms with van der Waals surface area (Å²) in [4.78, 5) is 54.8. The van der Waals surface area contributed by atoms with Crippen LogP contribution < -0.4 is 11.1 Å². The Labute approximate surface area is 255 Å². The summed E-state index contributed by atoms with van der Waals surface area (Å²) in [7, 11) is 1.22. The highest BCUT2D eigenvalue weighted by molar-refractivity contribution is 5.93. The van der Waals surface area contributed by atoms with Crippen LogP contribution in [0.3, 0.4) is 0 Å². The molecule has 11 heteroatoms. The Bertz CT molecular complexity index is 1590. The maximum atomic E-state index is 14.4. The third-order valence-corrected chi connectivity index (χ3v) is 8.36. The van der Waals surface area contributed by atoms with Crippen molar-refractivity contribution >= 4 is 34.5 Å². The summed E-state index contributed by atoms with van der Waals surface area (Å²) in [5.41, 5.74) is 9.49. The van der Waals surface area contributed by atoms with Crippen LogP contribution in [0.15, 0.2) is 61.3 Å². The molecule has 2 aliphatic rings. The molecule has 3 N–H and O–H groups in total. The summed E-state index contributed by atoms with van der Waals surface area (Å²) in [6.07, 6.45) is 3.24. The summed E-state index contributed by atoms with van der Waals surface area (Å²) in [5, 5.41) is 3.42. The molecule has 3 heterocycles. The Kier molecular flexibility index (Phi) is 9.55. The van der Waals surface area contributed by atoms with Gasteiger partial charge in [-0.3, -0.25) is 14.4 Å². The molecular formula is C33H37FN4O6. The molecule has 44 heavy (non-hydrogen) atoms. The lowest BCUT2D eigenvalue weighted by Gasteiger charge is -2.29. The number of rotatable bonds is 5. The van der Waals surface area contributed by atoms with Crippen molar-refractivity contribution in [1.82, 2.24) is 14.8 Å². The van der Waals surface area contributed by atoms with Gasteiger partial charge in [-0.15, -0.1) is 6.58 Å². The van der Waals surface area contributed by atoms with Crippen molar-refractivity contribution in [3.8, 4) is 0 Å². The first-order valence-corrected chi connectivity index (χ1v) is 14.7. The van der Waals surface area contributed by atoms with E-state index in [0.717, 1.165) is 16.6 Å². The standard InChI is InChI=1S/C33H37FN4O6/c1-3-10-37-18-23(25-16-24(34)7-8-27(25)37)14-22-15-28(39)26(35)13-20-5-4-6-21(12-20)17-36-30(40)19-44-29-9-11-38(32(22)41)31(29)33(42)43-2/h3-8,12,16,18,22,26,29,31H,1,9-11,13-15,17,19,35H2,2H3,(H,36,40)/t22-,26+,29+,31+/m1/s1. The van der Waals surface area contributed by atoms with Gasteiger partial charge in [0.1, 0.15) is 12.4 Å². The van der Waals surface area contributed by atoms with Crippen molar-refractivity contribution in [3.63, 3.8) is 0 Å². The van der Waals surface area contributed by atoms with Gasteiger partial charge in [-0.05, 0) is 54.2 Å². The molecule has 0 radical (unpaired) electrons.